The van der Waals surface area contributed by atoms with E-state index in [-0.39, 0.29) is 5.57 Å². The molecule has 6 nitrogen and oxygen atoms in total. The van der Waals surface area contributed by atoms with Crippen molar-refractivity contribution in [2.24, 2.45) is 0 Å². The zero-order chi connectivity index (χ0) is 20.5. The summed E-state index contributed by atoms with van der Waals surface area (Å²) in [4.78, 5) is 25.3. The summed E-state index contributed by atoms with van der Waals surface area (Å²) in [5.41, 5.74) is 3.27. The lowest BCUT2D eigenvalue weighted by Crippen LogP contribution is -2.35. The molecule has 1 saturated heterocycles. The van der Waals surface area contributed by atoms with Crippen molar-refractivity contribution < 1.29 is 19.1 Å². The minimum atomic E-state index is -0.494. The molecule has 1 aliphatic rings. The lowest BCUT2D eigenvalue weighted by atomic mass is 10.1. The zero-order valence-electron chi connectivity index (χ0n) is 16.1. The van der Waals surface area contributed by atoms with E-state index in [0.29, 0.717) is 22.7 Å². The molecule has 1 fully saturated rings. The Kier molecular flexibility index (Phi) is 5.47. The molecule has 28 heavy (non-hydrogen) atoms. The number of nitrogens with zero attached hydrogens (tertiary/aromatic N) is 1. The molecule has 2 amide bonds. The second-order valence-corrected chi connectivity index (χ2v) is 8.13. The third kappa shape index (κ3) is 4.20. The van der Waals surface area contributed by atoms with Gasteiger partial charge in [-0.3, -0.25) is 15.0 Å². The number of hydrogen-bond donors (Lipinski definition) is 1. The van der Waals surface area contributed by atoms with Crippen LogP contribution in [0.4, 0.5) is 5.69 Å². The fourth-order valence-corrected chi connectivity index (χ4v) is 3.19. The van der Waals surface area contributed by atoms with Crippen LogP contribution in [0.5, 0.6) is 11.5 Å². The molecule has 1 N–H and O–H groups in total. The van der Waals surface area contributed by atoms with Crippen molar-refractivity contribution in [2.75, 3.05) is 12.1 Å². The summed E-state index contributed by atoms with van der Waals surface area (Å²) in [6.07, 6.45) is 1.52. The first-order valence-corrected chi connectivity index (χ1v) is 9.47. The Bertz CT molecular complexity index is 949. The van der Waals surface area contributed by atoms with Gasteiger partial charge < -0.3 is 9.47 Å². The maximum atomic E-state index is 12.8. The molecule has 7 heteroatoms. The number of carbonyl (C=O) groups is 2. The minimum Gasteiger partial charge on any atom is -0.493 e. The van der Waals surface area contributed by atoms with E-state index in [1.165, 1.54) is 11.1 Å². The molecule has 2 aromatic carbocycles. The summed E-state index contributed by atoms with van der Waals surface area (Å²) in [5, 5.41) is 1.23. The Morgan fingerprint density at radius 3 is 2.39 bits per heavy atom. The van der Waals surface area contributed by atoms with E-state index >= 15 is 0 Å². The van der Waals surface area contributed by atoms with Crippen molar-refractivity contribution in [1.29, 1.82) is 0 Å². The van der Waals surface area contributed by atoms with Crippen molar-refractivity contribution in [2.45, 2.75) is 26.4 Å². The van der Waals surface area contributed by atoms with Crippen LogP contribution in [0.3, 0.4) is 0 Å². The average molecular weight is 445 g/mol. The van der Waals surface area contributed by atoms with E-state index in [0.717, 1.165) is 4.47 Å². The van der Waals surface area contributed by atoms with Crippen molar-refractivity contribution in [3.8, 4) is 11.5 Å². The predicted molar refractivity (Wildman–Crippen MR) is 111 cm³/mol. The van der Waals surface area contributed by atoms with Crippen LogP contribution in [-0.2, 0) is 9.59 Å². The predicted octanol–water partition coefficient (Wildman–Crippen LogP) is 4.10. The van der Waals surface area contributed by atoms with Gasteiger partial charge in [0.1, 0.15) is 11.2 Å². The third-order valence-corrected chi connectivity index (χ3v) is 4.34. The molecule has 3 rings (SSSR count). The first kappa shape index (κ1) is 19.9. The van der Waals surface area contributed by atoms with Gasteiger partial charge in [-0.2, -0.15) is 0 Å². The Labute approximate surface area is 172 Å². The first-order valence-electron chi connectivity index (χ1n) is 8.68. The van der Waals surface area contributed by atoms with Gasteiger partial charge in [0.15, 0.2) is 11.5 Å². The Balaban J connectivity index is 2.06. The normalized spacial score (nSPS) is 15.8. The fourth-order valence-electron chi connectivity index (χ4n) is 2.73. The van der Waals surface area contributed by atoms with E-state index in [2.05, 4.69) is 21.4 Å². The van der Waals surface area contributed by atoms with Crippen LogP contribution in [0.1, 0.15) is 26.3 Å². The number of halogens is 1. The maximum absolute atomic E-state index is 12.8. The summed E-state index contributed by atoms with van der Waals surface area (Å²) >= 11 is 3.44. The number of rotatable bonds is 4. The third-order valence-electron chi connectivity index (χ3n) is 3.88. The largest absolute Gasteiger partial charge is 0.493 e. The van der Waals surface area contributed by atoms with Crippen LogP contribution in [0.2, 0.25) is 0 Å². The number of amides is 2. The highest BCUT2D eigenvalue weighted by molar-refractivity contribution is 9.10. The van der Waals surface area contributed by atoms with Crippen molar-refractivity contribution in [1.82, 2.24) is 5.43 Å². The highest BCUT2D eigenvalue weighted by atomic mass is 79.9. The van der Waals surface area contributed by atoms with Crippen molar-refractivity contribution in [3.63, 3.8) is 0 Å². The summed E-state index contributed by atoms with van der Waals surface area (Å²) in [6.45, 7) is 5.74. The maximum Gasteiger partial charge on any atom is 0.282 e. The van der Waals surface area contributed by atoms with E-state index in [1.807, 2.05) is 26.8 Å². The molecule has 0 bridgehead atoms. The van der Waals surface area contributed by atoms with Crippen molar-refractivity contribution >= 4 is 39.5 Å². The van der Waals surface area contributed by atoms with Crippen LogP contribution in [-0.4, -0.2) is 24.5 Å². The number of hydrazine groups is 1. The molecule has 2 aromatic rings. The van der Waals surface area contributed by atoms with Gasteiger partial charge in [0, 0.05) is 10.0 Å². The van der Waals surface area contributed by atoms with Gasteiger partial charge in [-0.1, -0.05) is 34.1 Å². The summed E-state index contributed by atoms with van der Waals surface area (Å²) in [5.74, 6) is 0.0535. The standard InChI is InChI=1S/C21H21BrN2O4/c1-21(2,3)28-18-13(10-14(22)12-17(18)27-4)11-16-19(25)23-24(20(16)26)15-8-6-5-7-9-15/h5-12H,1-4H3,(H,23,25). The first-order chi connectivity index (χ1) is 13.2. The second-order valence-electron chi connectivity index (χ2n) is 7.22. The number of nitrogens with one attached hydrogen (secondary N) is 1. The molecule has 0 aromatic heterocycles. The van der Waals surface area contributed by atoms with Crippen LogP contribution in [0.25, 0.3) is 6.08 Å². The lowest BCUT2D eigenvalue weighted by Gasteiger charge is -2.24. The quantitative estimate of drug-likeness (QED) is 0.569. The van der Waals surface area contributed by atoms with Crippen LogP contribution < -0.4 is 19.9 Å². The summed E-state index contributed by atoms with van der Waals surface area (Å²) in [7, 11) is 1.54. The topological polar surface area (TPSA) is 67.9 Å². The zero-order valence-corrected chi connectivity index (χ0v) is 17.7. The molecule has 0 atom stereocenters. The van der Waals surface area contributed by atoms with Crippen LogP contribution in [0, 0.1) is 0 Å². The number of carbonyl (C=O) groups excluding carboxylic acids is 2. The molecular formula is C21H21BrN2O4. The van der Waals surface area contributed by atoms with Gasteiger partial charge in [-0.15, -0.1) is 0 Å². The smallest absolute Gasteiger partial charge is 0.282 e. The van der Waals surface area contributed by atoms with Gasteiger partial charge in [0.05, 0.1) is 12.8 Å². The van der Waals surface area contributed by atoms with Gasteiger partial charge in [-0.05, 0) is 51.1 Å². The Morgan fingerprint density at radius 1 is 1.11 bits per heavy atom. The summed E-state index contributed by atoms with van der Waals surface area (Å²) < 4.78 is 12.2. The molecule has 1 heterocycles. The number of benzene rings is 2. The number of methoxy groups -OCH3 is 1. The van der Waals surface area contributed by atoms with E-state index in [4.69, 9.17) is 9.47 Å². The van der Waals surface area contributed by atoms with E-state index < -0.39 is 17.4 Å². The van der Waals surface area contributed by atoms with Gasteiger partial charge in [0.2, 0.25) is 0 Å². The molecule has 0 radical (unpaired) electrons. The number of hydrogen-bond acceptors (Lipinski definition) is 4. The molecule has 0 saturated carbocycles. The van der Waals surface area contributed by atoms with Gasteiger partial charge in [-0.25, -0.2) is 5.01 Å². The molecule has 146 valence electrons. The van der Waals surface area contributed by atoms with E-state index in [1.54, 1.807) is 43.5 Å². The SMILES string of the molecule is COc1cc(Br)cc(C=C2C(=O)NN(c3ccccc3)C2=O)c1OC(C)(C)C. The van der Waals surface area contributed by atoms with Gasteiger partial charge >= 0.3 is 0 Å². The van der Waals surface area contributed by atoms with Crippen molar-refractivity contribution in [3.05, 3.63) is 58.1 Å². The number of para-hydroxylation sites is 1. The second kappa shape index (κ2) is 7.67. The summed E-state index contributed by atoms with van der Waals surface area (Å²) in [6, 6.07) is 12.5. The highest BCUT2D eigenvalue weighted by Crippen LogP contribution is 2.38. The van der Waals surface area contributed by atoms with Gasteiger partial charge in [0.25, 0.3) is 11.8 Å². The van der Waals surface area contributed by atoms with E-state index in [9.17, 15) is 9.59 Å². The molecular weight excluding hydrogens is 424 g/mol. The monoisotopic (exact) mass is 444 g/mol. The molecule has 1 aliphatic heterocycles. The molecule has 0 aliphatic carbocycles. The molecule has 0 spiro atoms. The number of anilines is 1. The lowest BCUT2D eigenvalue weighted by molar-refractivity contribution is -0.117. The minimum absolute atomic E-state index is 0.0164. The van der Waals surface area contributed by atoms with Crippen LogP contribution in [0.15, 0.2) is 52.5 Å². The Morgan fingerprint density at radius 2 is 1.79 bits per heavy atom. The van der Waals surface area contributed by atoms with Crippen LogP contribution >= 0.6 is 15.9 Å². The Hall–Kier alpha value is -2.80. The fraction of sp³-hybridized carbons (Fsp3) is 0.238. The highest BCUT2D eigenvalue weighted by Gasteiger charge is 2.35. The average Bonchev–Trinajstić information content (AvgIpc) is 2.91. The number of ether oxygens (including phenoxy) is 2. The molecule has 0 unspecified atom stereocenters.